The van der Waals surface area contributed by atoms with Crippen molar-refractivity contribution in [2.75, 3.05) is 23.9 Å². The Bertz CT molecular complexity index is 1060. The molecule has 0 aliphatic carbocycles. The zero-order valence-electron chi connectivity index (χ0n) is 17.8. The number of ether oxygens (including phenoxy) is 1. The number of nitrogens with zero attached hydrogens (tertiary/aromatic N) is 2. The molecule has 1 aromatic heterocycles. The van der Waals surface area contributed by atoms with E-state index in [1.807, 2.05) is 6.07 Å². The maximum Gasteiger partial charge on any atom is 0.252 e. The molecule has 0 spiro atoms. The Morgan fingerprint density at radius 3 is 2.22 bits per heavy atom. The first kappa shape index (κ1) is 22.5. The average molecular weight is 432 g/mol. The molecule has 8 nitrogen and oxygen atoms in total. The van der Waals surface area contributed by atoms with Gasteiger partial charge in [-0.3, -0.25) is 24.3 Å². The number of para-hydroxylation sites is 1. The zero-order valence-corrected chi connectivity index (χ0v) is 17.8. The van der Waals surface area contributed by atoms with Crippen molar-refractivity contribution in [1.29, 1.82) is 0 Å². The SMILES string of the molecule is COc1ccc(N(C(=O)CNC(C)=O)[C@H](C(=O)Nc2ccccc2)c2ccncc2)cc1. The van der Waals surface area contributed by atoms with Gasteiger partial charge >= 0.3 is 0 Å². The summed E-state index contributed by atoms with van der Waals surface area (Å²) in [5.74, 6) is -0.593. The molecular formula is C24H24N4O4. The van der Waals surface area contributed by atoms with Crippen LogP contribution in [-0.2, 0) is 14.4 Å². The normalized spacial score (nSPS) is 11.2. The largest absolute Gasteiger partial charge is 0.497 e. The van der Waals surface area contributed by atoms with E-state index in [9.17, 15) is 14.4 Å². The minimum absolute atomic E-state index is 0.262. The van der Waals surface area contributed by atoms with E-state index >= 15 is 0 Å². The first-order valence-electron chi connectivity index (χ1n) is 9.96. The number of anilines is 2. The van der Waals surface area contributed by atoms with Crippen LogP contribution < -0.4 is 20.3 Å². The molecule has 0 radical (unpaired) electrons. The van der Waals surface area contributed by atoms with Gasteiger partial charge in [-0.05, 0) is 54.1 Å². The van der Waals surface area contributed by atoms with Crippen LogP contribution in [0, 0.1) is 0 Å². The molecular weight excluding hydrogens is 408 g/mol. The lowest BCUT2D eigenvalue weighted by atomic mass is 10.0. The molecule has 3 amide bonds. The van der Waals surface area contributed by atoms with Crippen LogP contribution in [0.4, 0.5) is 11.4 Å². The number of aromatic nitrogens is 1. The molecule has 1 atom stereocenters. The van der Waals surface area contributed by atoms with Crippen molar-refractivity contribution < 1.29 is 19.1 Å². The molecule has 0 fully saturated rings. The molecule has 0 saturated heterocycles. The highest BCUT2D eigenvalue weighted by Crippen LogP contribution is 2.30. The molecule has 8 heteroatoms. The Kier molecular flexibility index (Phi) is 7.53. The number of rotatable bonds is 8. The Morgan fingerprint density at radius 2 is 1.62 bits per heavy atom. The number of nitrogens with one attached hydrogen (secondary N) is 2. The van der Waals surface area contributed by atoms with Gasteiger partial charge < -0.3 is 15.4 Å². The lowest BCUT2D eigenvalue weighted by Gasteiger charge is -2.31. The summed E-state index contributed by atoms with van der Waals surface area (Å²) < 4.78 is 5.21. The summed E-state index contributed by atoms with van der Waals surface area (Å²) in [6, 6.07) is 18.1. The smallest absolute Gasteiger partial charge is 0.252 e. The van der Waals surface area contributed by atoms with Gasteiger partial charge in [0.25, 0.3) is 5.91 Å². The molecule has 32 heavy (non-hydrogen) atoms. The second-order valence-electron chi connectivity index (χ2n) is 6.91. The molecule has 0 aliphatic heterocycles. The molecule has 164 valence electrons. The van der Waals surface area contributed by atoms with Crippen molar-refractivity contribution in [3.05, 3.63) is 84.7 Å². The molecule has 0 aliphatic rings. The van der Waals surface area contributed by atoms with Crippen LogP contribution in [0.3, 0.4) is 0 Å². The Morgan fingerprint density at radius 1 is 0.969 bits per heavy atom. The van der Waals surface area contributed by atoms with Crippen LogP contribution in [0.5, 0.6) is 5.75 Å². The number of benzene rings is 2. The molecule has 1 heterocycles. The molecule has 0 bridgehead atoms. The predicted octanol–water partition coefficient (Wildman–Crippen LogP) is 2.94. The monoisotopic (exact) mass is 432 g/mol. The zero-order chi connectivity index (χ0) is 22.9. The number of methoxy groups -OCH3 is 1. The summed E-state index contributed by atoms with van der Waals surface area (Å²) in [5, 5.41) is 5.38. The van der Waals surface area contributed by atoms with E-state index in [4.69, 9.17) is 4.74 Å². The summed E-state index contributed by atoms with van der Waals surface area (Å²) in [6.45, 7) is 1.06. The average Bonchev–Trinajstić information content (AvgIpc) is 2.82. The molecule has 3 aromatic rings. The number of carbonyl (C=O) groups excluding carboxylic acids is 3. The maximum atomic E-state index is 13.5. The van der Waals surface area contributed by atoms with Crippen LogP contribution in [0.2, 0.25) is 0 Å². The first-order valence-corrected chi connectivity index (χ1v) is 9.96. The van der Waals surface area contributed by atoms with Crippen molar-refractivity contribution >= 4 is 29.1 Å². The molecule has 0 unspecified atom stereocenters. The molecule has 2 aromatic carbocycles. The topological polar surface area (TPSA) is 101 Å². The fourth-order valence-corrected chi connectivity index (χ4v) is 3.16. The highest BCUT2D eigenvalue weighted by atomic mass is 16.5. The second kappa shape index (κ2) is 10.7. The Balaban J connectivity index is 2.05. The number of hydrogen-bond donors (Lipinski definition) is 2. The third-order valence-corrected chi connectivity index (χ3v) is 4.68. The van der Waals surface area contributed by atoms with Crippen LogP contribution in [0.15, 0.2) is 79.1 Å². The van der Waals surface area contributed by atoms with Crippen LogP contribution in [0.25, 0.3) is 0 Å². The summed E-state index contributed by atoms with van der Waals surface area (Å²) in [5.41, 5.74) is 1.65. The van der Waals surface area contributed by atoms with E-state index in [1.165, 1.54) is 11.8 Å². The number of amides is 3. The van der Waals surface area contributed by atoms with Crippen LogP contribution in [-0.4, -0.2) is 36.4 Å². The maximum absolute atomic E-state index is 13.5. The van der Waals surface area contributed by atoms with Crippen molar-refractivity contribution in [3.8, 4) is 5.75 Å². The van der Waals surface area contributed by atoms with Gasteiger partial charge in [-0.2, -0.15) is 0 Å². The van der Waals surface area contributed by atoms with Gasteiger partial charge in [0.2, 0.25) is 11.8 Å². The predicted molar refractivity (Wildman–Crippen MR) is 121 cm³/mol. The van der Waals surface area contributed by atoms with Gasteiger partial charge in [0.15, 0.2) is 0 Å². The third-order valence-electron chi connectivity index (χ3n) is 4.68. The molecule has 2 N–H and O–H groups in total. The minimum atomic E-state index is -1.01. The Labute approximate surface area is 186 Å². The van der Waals surface area contributed by atoms with Crippen LogP contribution >= 0.6 is 0 Å². The summed E-state index contributed by atoms with van der Waals surface area (Å²) in [6.07, 6.45) is 3.12. The van der Waals surface area contributed by atoms with E-state index in [2.05, 4.69) is 15.6 Å². The van der Waals surface area contributed by atoms with Crippen LogP contribution in [0.1, 0.15) is 18.5 Å². The van der Waals surface area contributed by atoms with Crippen molar-refractivity contribution in [2.24, 2.45) is 0 Å². The fourth-order valence-electron chi connectivity index (χ4n) is 3.16. The molecule has 0 saturated carbocycles. The highest BCUT2D eigenvalue weighted by molar-refractivity contribution is 6.06. The lowest BCUT2D eigenvalue weighted by Crippen LogP contribution is -2.46. The van der Waals surface area contributed by atoms with Gasteiger partial charge in [-0.15, -0.1) is 0 Å². The van der Waals surface area contributed by atoms with Gasteiger partial charge in [0.1, 0.15) is 11.8 Å². The van der Waals surface area contributed by atoms with E-state index in [0.717, 1.165) is 0 Å². The van der Waals surface area contributed by atoms with E-state index in [1.54, 1.807) is 80.2 Å². The van der Waals surface area contributed by atoms with E-state index < -0.39 is 17.9 Å². The van der Waals surface area contributed by atoms with Crippen molar-refractivity contribution in [2.45, 2.75) is 13.0 Å². The molecule has 3 rings (SSSR count). The lowest BCUT2D eigenvalue weighted by molar-refractivity contribution is -0.125. The first-order chi connectivity index (χ1) is 15.5. The van der Waals surface area contributed by atoms with Gasteiger partial charge in [-0.1, -0.05) is 18.2 Å². The van der Waals surface area contributed by atoms with Crippen molar-refractivity contribution in [1.82, 2.24) is 10.3 Å². The van der Waals surface area contributed by atoms with E-state index in [-0.39, 0.29) is 12.5 Å². The van der Waals surface area contributed by atoms with Gasteiger partial charge in [-0.25, -0.2) is 0 Å². The second-order valence-corrected chi connectivity index (χ2v) is 6.91. The number of pyridine rings is 1. The van der Waals surface area contributed by atoms with Gasteiger partial charge in [0, 0.05) is 30.7 Å². The third kappa shape index (κ3) is 5.69. The van der Waals surface area contributed by atoms with Gasteiger partial charge in [0.05, 0.1) is 13.7 Å². The number of carbonyl (C=O) groups is 3. The Hall–Kier alpha value is -4.20. The minimum Gasteiger partial charge on any atom is -0.497 e. The van der Waals surface area contributed by atoms with E-state index in [0.29, 0.717) is 22.7 Å². The standard InChI is InChI=1S/C24H24N4O4/c1-17(29)26-16-22(30)28(20-8-10-21(32-2)11-9-20)23(18-12-14-25-15-13-18)24(31)27-19-6-4-3-5-7-19/h3-15,23H,16H2,1-2H3,(H,26,29)(H,27,31)/t23-/m0/s1. The summed E-state index contributed by atoms with van der Waals surface area (Å²) in [4.78, 5) is 43.5. The highest BCUT2D eigenvalue weighted by Gasteiger charge is 2.33. The van der Waals surface area contributed by atoms with Crippen molar-refractivity contribution in [3.63, 3.8) is 0 Å². The fraction of sp³-hybridized carbons (Fsp3) is 0.167. The summed E-state index contributed by atoms with van der Waals surface area (Å²) >= 11 is 0. The number of hydrogen-bond acceptors (Lipinski definition) is 5. The summed E-state index contributed by atoms with van der Waals surface area (Å²) in [7, 11) is 1.54. The quantitative estimate of drug-likeness (QED) is 0.570.